The summed E-state index contributed by atoms with van der Waals surface area (Å²) in [6.45, 7) is 11.9. The number of carbonyl (C=O) groups is 1. The molecule has 0 aromatic heterocycles. The van der Waals surface area contributed by atoms with Gasteiger partial charge in [-0.2, -0.15) is 0 Å². The minimum Gasteiger partial charge on any atom is -0.444 e. The molecule has 4 nitrogen and oxygen atoms in total. The van der Waals surface area contributed by atoms with Crippen LogP contribution in [0.4, 0.5) is 4.79 Å². The van der Waals surface area contributed by atoms with Crippen LogP contribution in [-0.2, 0) is 9.47 Å². The number of rotatable bonds is 12. The summed E-state index contributed by atoms with van der Waals surface area (Å²) in [4.78, 5) is 14.3. The molecule has 0 radical (unpaired) electrons. The predicted octanol–water partition coefficient (Wildman–Crippen LogP) is 7.67. The van der Waals surface area contributed by atoms with Gasteiger partial charge < -0.3 is 9.47 Å². The number of nitrogens with zero attached hydrogens (tertiary/aromatic N) is 1. The van der Waals surface area contributed by atoms with Crippen LogP contribution >= 0.6 is 11.6 Å². The van der Waals surface area contributed by atoms with Crippen LogP contribution in [0.5, 0.6) is 0 Å². The third-order valence-electron chi connectivity index (χ3n) is 5.59. The SMILES string of the molecule is CCCCCCCCCCCCCC#C[C@@H](Cl)[C@@H]1COC(C)(C)N1C(=O)OC(C)(C)C. The summed E-state index contributed by atoms with van der Waals surface area (Å²) in [5, 5.41) is -0.470. The van der Waals surface area contributed by atoms with Crippen molar-refractivity contribution >= 4 is 17.7 Å². The summed E-state index contributed by atoms with van der Waals surface area (Å²) >= 11 is 6.56. The van der Waals surface area contributed by atoms with Gasteiger partial charge in [0.05, 0.1) is 12.6 Å². The van der Waals surface area contributed by atoms with Gasteiger partial charge in [-0.05, 0) is 41.0 Å². The second kappa shape index (κ2) is 14.3. The number of alkyl halides is 1. The first kappa shape index (κ1) is 28.1. The summed E-state index contributed by atoms with van der Waals surface area (Å²) in [5.74, 6) is 6.34. The molecule has 0 bridgehead atoms. The zero-order chi connectivity index (χ0) is 23.3. The zero-order valence-electron chi connectivity index (χ0n) is 20.9. The fourth-order valence-corrected chi connectivity index (χ4v) is 4.12. The molecular formula is C26H46ClNO3. The molecule has 0 aromatic rings. The van der Waals surface area contributed by atoms with Gasteiger partial charge in [-0.15, -0.1) is 17.5 Å². The maximum absolute atomic E-state index is 12.7. The molecule has 0 spiro atoms. The number of hydrogen-bond acceptors (Lipinski definition) is 3. The summed E-state index contributed by atoms with van der Waals surface area (Å²) in [6.07, 6.45) is 15.0. The van der Waals surface area contributed by atoms with Gasteiger partial charge in [0.25, 0.3) is 0 Å². The minimum absolute atomic E-state index is 0.309. The lowest BCUT2D eigenvalue weighted by atomic mass is 10.1. The van der Waals surface area contributed by atoms with Gasteiger partial charge in [-0.1, -0.05) is 77.1 Å². The number of hydrogen-bond donors (Lipinski definition) is 0. The Bertz CT molecular complexity index is 573. The van der Waals surface area contributed by atoms with Crippen LogP contribution < -0.4 is 0 Å². The molecule has 0 N–H and O–H groups in total. The van der Waals surface area contributed by atoms with Crippen molar-refractivity contribution in [2.45, 2.75) is 141 Å². The first-order chi connectivity index (χ1) is 14.6. The van der Waals surface area contributed by atoms with Crippen molar-refractivity contribution in [3.63, 3.8) is 0 Å². The monoisotopic (exact) mass is 455 g/mol. The third kappa shape index (κ3) is 11.5. The van der Waals surface area contributed by atoms with E-state index in [-0.39, 0.29) is 6.04 Å². The van der Waals surface area contributed by atoms with Crippen molar-refractivity contribution in [3.8, 4) is 11.8 Å². The minimum atomic E-state index is -0.752. The van der Waals surface area contributed by atoms with Crippen LogP contribution in [0, 0.1) is 11.8 Å². The molecule has 2 atom stereocenters. The van der Waals surface area contributed by atoms with Crippen molar-refractivity contribution in [1.82, 2.24) is 4.90 Å². The average molecular weight is 456 g/mol. The Kier molecular flexibility index (Phi) is 12.9. The second-order valence-corrected chi connectivity index (χ2v) is 10.7. The lowest BCUT2D eigenvalue weighted by Crippen LogP contribution is -2.52. The van der Waals surface area contributed by atoms with Gasteiger partial charge in [-0.25, -0.2) is 4.79 Å². The Balaban J connectivity index is 2.29. The molecule has 0 aliphatic carbocycles. The highest BCUT2D eigenvalue weighted by Crippen LogP contribution is 2.32. The lowest BCUT2D eigenvalue weighted by Gasteiger charge is -2.35. The van der Waals surface area contributed by atoms with E-state index in [1.807, 2.05) is 34.6 Å². The molecule has 1 rings (SSSR count). The normalized spacial score (nSPS) is 19.1. The predicted molar refractivity (Wildman–Crippen MR) is 130 cm³/mol. The van der Waals surface area contributed by atoms with E-state index < -0.39 is 22.8 Å². The van der Waals surface area contributed by atoms with E-state index in [2.05, 4.69) is 18.8 Å². The van der Waals surface area contributed by atoms with E-state index in [0.29, 0.717) is 6.61 Å². The molecule has 1 fully saturated rings. The fourth-order valence-electron chi connectivity index (χ4n) is 3.86. The smallest absolute Gasteiger partial charge is 0.412 e. The van der Waals surface area contributed by atoms with Crippen LogP contribution in [0.25, 0.3) is 0 Å². The Morgan fingerprint density at radius 1 is 1.06 bits per heavy atom. The number of unbranched alkanes of at least 4 members (excludes halogenated alkanes) is 11. The lowest BCUT2D eigenvalue weighted by molar-refractivity contribution is -0.0621. The third-order valence-corrected chi connectivity index (χ3v) is 5.99. The molecule has 1 aliphatic heterocycles. The molecule has 1 heterocycles. The van der Waals surface area contributed by atoms with Crippen LogP contribution in [0.15, 0.2) is 0 Å². The first-order valence-electron chi connectivity index (χ1n) is 12.4. The maximum atomic E-state index is 12.7. The van der Waals surface area contributed by atoms with Crippen molar-refractivity contribution in [2.24, 2.45) is 0 Å². The Hall–Kier alpha value is -0.920. The van der Waals surface area contributed by atoms with Gasteiger partial charge >= 0.3 is 6.09 Å². The van der Waals surface area contributed by atoms with Gasteiger partial charge in [-0.3, -0.25) is 4.90 Å². The van der Waals surface area contributed by atoms with E-state index in [0.717, 1.165) is 12.8 Å². The van der Waals surface area contributed by atoms with Gasteiger partial charge in [0.2, 0.25) is 0 Å². The fraction of sp³-hybridized carbons (Fsp3) is 0.885. The second-order valence-electron chi connectivity index (χ2n) is 10.2. The quantitative estimate of drug-likeness (QED) is 0.172. The molecule has 1 amide bonds. The molecule has 5 heteroatoms. The zero-order valence-corrected chi connectivity index (χ0v) is 21.7. The Morgan fingerprint density at radius 2 is 1.58 bits per heavy atom. The van der Waals surface area contributed by atoms with Crippen LogP contribution in [0.3, 0.4) is 0 Å². The van der Waals surface area contributed by atoms with Crippen LogP contribution in [0.2, 0.25) is 0 Å². The molecule has 0 aromatic carbocycles. The number of carbonyl (C=O) groups excluding carboxylic acids is 1. The van der Waals surface area contributed by atoms with E-state index in [4.69, 9.17) is 21.1 Å². The topological polar surface area (TPSA) is 38.8 Å². The van der Waals surface area contributed by atoms with Gasteiger partial charge in [0.1, 0.15) is 16.7 Å². The van der Waals surface area contributed by atoms with E-state index in [9.17, 15) is 4.79 Å². The molecule has 0 unspecified atom stereocenters. The summed E-state index contributed by atoms with van der Waals surface area (Å²) in [5.41, 5.74) is -1.32. The molecule has 1 saturated heterocycles. The highest BCUT2D eigenvalue weighted by Gasteiger charge is 2.48. The van der Waals surface area contributed by atoms with Crippen LogP contribution in [0.1, 0.15) is 119 Å². The molecular weight excluding hydrogens is 410 g/mol. The van der Waals surface area contributed by atoms with E-state index in [1.54, 1.807) is 4.90 Å². The maximum Gasteiger partial charge on any atom is 0.412 e. The molecule has 180 valence electrons. The van der Waals surface area contributed by atoms with Crippen LogP contribution in [-0.4, -0.2) is 40.3 Å². The summed E-state index contributed by atoms with van der Waals surface area (Å²) < 4.78 is 11.4. The van der Waals surface area contributed by atoms with Crippen molar-refractivity contribution < 1.29 is 14.3 Å². The largest absolute Gasteiger partial charge is 0.444 e. The van der Waals surface area contributed by atoms with E-state index >= 15 is 0 Å². The Labute approximate surface area is 196 Å². The molecule has 1 aliphatic rings. The summed E-state index contributed by atoms with van der Waals surface area (Å²) in [7, 11) is 0. The van der Waals surface area contributed by atoms with Gasteiger partial charge in [0.15, 0.2) is 0 Å². The van der Waals surface area contributed by atoms with E-state index in [1.165, 1.54) is 64.2 Å². The highest BCUT2D eigenvalue weighted by molar-refractivity contribution is 6.23. The van der Waals surface area contributed by atoms with Gasteiger partial charge in [0, 0.05) is 6.42 Å². The van der Waals surface area contributed by atoms with Crippen molar-refractivity contribution in [2.75, 3.05) is 6.61 Å². The average Bonchev–Trinajstić information content (AvgIpc) is 2.99. The number of ether oxygens (including phenoxy) is 2. The number of amides is 1. The number of halogens is 1. The Morgan fingerprint density at radius 3 is 2.10 bits per heavy atom. The molecule has 31 heavy (non-hydrogen) atoms. The highest BCUT2D eigenvalue weighted by atomic mass is 35.5. The standard InChI is InChI=1S/C26H46ClNO3/c1-7-8-9-10-11-12-13-14-15-16-17-18-19-20-22(27)23-21-30-26(5,6)28(23)24(29)31-25(2,3)4/h22-23H,7-18,21H2,1-6H3/t22-,23+/m1/s1. The molecule has 0 saturated carbocycles. The van der Waals surface area contributed by atoms with Crippen molar-refractivity contribution in [1.29, 1.82) is 0 Å². The van der Waals surface area contributed by atoms with Crippen molar-refractivity contribution in [3.05, 3.63) is 0 Å². The first-order valence-corrected chi connectivity index (χ1v) is 12.8. The summed E-state index contributed by atoms with van der Waals surface area (Å²) in [6, 6.07) is -0.309.